The largest absolute Gasteiger partial charge is 0.490 e. The maximum atomic E-state index is 13.0. The fourth-order valence-corrected chi connectivity index (χ4v) is 4.00. The summed E-state index contributed by atoms with van der Waals surface area (Å²) >= 11 is 0. The molecule has 2 heterocycles. The average Bonchev–Trinajstić information content (AvgIpc) is 2.89. The van der Waals surface area contributed by atoms with Crippen LogP contribution in [0.4, 0.5) is 18.9 Å². The Morgan fingerprint density at radius 2 is 1.75 bits per heavy atom. The smallest absolute Gasteiger partial charge is 0.475 e. The van der Waals surface area contributed by atoms with E-state index in [1.54, 1.807) is 0 Å². The molecule has 8 heteroatoms. The Balaban J connectivity index is 0.000000345. The molecule has 1 atom stereocenters. The van der Waals surface area contributed by atoms with Crippen LogP contribution in [0.15, 0.2) is 24.3 Å². The molecule has 1 N–H and O–H groups in total. The minimum Gasteiger partial charge on any atom is -0.475 e. The van der Waals surface area contributed by atoms with Crippen LogP contribution >= 0.6 is 0 Å². The number of benzene rings is 1. The van der Waals surface area contributed by atoms with Crippen molar-refractivity contribution >= 4 is 17.6 Å². The quantitative estimate of drug-likeness (QED) is 0.838. The lowest BCUT2D eigenvalue weighted by atomic mass is 9.73. The van der Waals surface area contributed by atoms with Gasteiger partial charge in [0.25, 0.3) is 0 Å². The number of likely N-dealkylation sites (tertiary alicyclic amines) is 1. The van der Waals surface area contributed by atoms with Gasteiger partial charge in [-0.2, -0.15) is 13.2 Å². The number of amides is 1. The predicted octanol–water partition coefficient (Wildman–Crippen LogP) is 3.82. The van der Waals surface area contributed by atoms with E-state index in [0.29, 0.717) is 11.9 Å². The number of halogens is 3. The summed E-state index contributed by atoms with van der Waals surface area (Å²) in [5, 5.41) is 7.12. The van der Waals surface area contributed by atoms with E-state index >= 15 is 0 Å². The maximum Gasteiger partial charge on any atom is 0.490 e. The molecule has 5 nitrogen and oxygen atoms in total. The van der Waals surface area contributed by atoms with Crippen LogP contribution in [0.3, 0.4) is 0 Å². The van der Waals surface area contributed by atoms with Crippen LogP contribution in [0.2, 0.25) is 0 Å². The molecule has 0 aromatic heterocycles. The maximum absolute atomic E-state index is 13.0. The van der Waals surface area contributed by atoms with E-state index in [9.17, 15) is 18.0 Å². The highest BCUT2D eigenvalue weighted by Gasteiger charge is 2.51. The Hall–Kier alpha value is -2.09. The van der Waals surface area contributed by atoms with Crippen molar-refractivity contribution in [3.8, 4) is 0 Å². The van der Waals surface area contributed by atoms with Crippen LogP contribution < -0.4 is 4.90 Å². The molecule has 156 valence electrons. The number of piperidine rings is 1. The van der Waals surface area contributed by atoms with Crippen molar-refractivity contribution < 1.29 is 27.9 Å². The summed E-state index contributed by atoms with van der Waals surface area (Å²) in [5.74, 6) is -2.43. The molecule has 1 amide bonds. The summed E-state index contributed by atoms with van der Waals surface area (Å²) in [6, 6.07) is 9.01. The summed E-state index contributed by atoms with van der Waals surface area (Å²) in [4.78, 5) is 26.4. The monoisotopic (exact) mass is 400 g/mol. The molecule has 1 aromatic rings. The SMILES string of the molecule is CCC(C)N1CCC2(CC1)C(=O)N(CC)c1ccccc12.O=C(O)C(F)(F)F. The van der Waals surface area contributed by atoms with Gasteiger partial charge in [-0.15, -0.1) is 0 Å². The second-order valence-corrected chi connectivity index (χ2v) is 7.24. The zero-order chi connectivity index (χ0) is 21.1. The Labute approximate surface area is 163 Å². The number of alkyl halides is 3. The van der Waals surface area contributed by atoms with Crippen LogP contribution in [0, 0.1) is 0 Å². The Kier molecular flexibility index (Phi) is 6.75. The van der Waals surface area contributed by atoms with Crippen LogP contribution in [0.25, 0.3) is 0 Å². The first-order valence-electron chi connectivity index (χ1n) is 9.54. The molecule has 28 heavy (non-hydrogen) atoms. The van der Waals surface area contributed by atoms with Gasteiger partial charge in [0.15, 0.2) is 0 Å². The van der Waals surface area contributed by atoms with Gasteiger partial charge >= 0.3 is 12.1 Å². The number of para-hydroxylation sites is 1. The number of anilines is 1. The molecular weight excluding hydrogens is 373 g/mol. The van der Waals surface area contributed by atoms with E-state index in [2.05, 4.69) is 43.9 Å². The lowest BCUT2D eigenvalue weighted by Gasteiger charge is -2.41. The van der Waals surface area contributed by atoms with Crippen LogP contribution in [-0.2, 0) is 15.0 Å². The van der Waals surface area contributed by atoms with Gasteiger partial charge in [0.05, 0.1) is 5.41 Å². The first-order valence-corrected chi connectivity index (χ1v) is 9.54. The first-order chi connectivity index (χ1) is 13.1. The molecule has 0 radical (unpaired) electrons. The molecule has 1 fully saturated rings. The van der Waals surface area contributed by atoms with Gasteiger partial charge < -0.3 is 14.9 Å². The average molecular weight is 400 g/mol. The molecule has 3 rings (SSSR count). The zero-order valence-corrected chi connectivity index (χ0v) is 16.4. The number of hydrogen-bond donors (Lipinski definition) is 1. The standard InChI is InChI=1S/C18H26N2O.C2HF3O2/c1-4-14(3)19-12-10-18(11-13-19)15-8-6-7-9-16(15)20(5-2)17(18)21;3-2(4,5)1(6)7/h6-9,14H,4-5,10-13H2,1-3H3;(H,6,7). The molecule has 1 aromatic carbocycles. The third kappa shape index (κ3) is 4.16. The summed E-state index contributed by atoms with van der Waals surface area (Å²) in [6.07, 6.45) is -1.98. The highest BCUT2D eigenvalue weighted by molar-refractivity contribution is 6.08. The first kappa shape index (κ1) is 22.2. The number of likely N-dealkylation sites (N-methyl/N-ethyl adjacent to an activating group) is 1. The van der Waals surface area contributed by atoms with E-state index in [1.165, 1.54) is 12.0 Å². The van der Waals surface area contributed by atoms with Crippen molar-refractivity contribution in [3.63, 3.8) is 0 Å². The number of carboxylic acid groups (broad SMARTS) is 1. The predicted molar refractivity (Wildman–Crippen MR) is 100 cm³/mol. The van der Waals surface area contributed by atoms with Gasteiger partial charge in [0, 0.05) is 18.3 Å². The molecular formula is C20H27F3N2O3. The van der Waals surface area contributed by atoms with Crippen LogP contribution in [0.1, 0.15) is 45.6 Å². The number of carboxylic acids is 1. The number of fused-ring (bicyclic) bond motifs is 2. The van der Waals surface area contributed by atoms with E-state index in [1.807, 2.05) is 11.0 Å². The third-order valence-corrected chi connectivity index (χ3v) is 5.79. The molecule has 1 saturated heterocycles. The third-order valence-electron chi connectivity index (χ3n) is 5.79. The lowest BCUT2D eigenvalue weighted by Crippen LogP contribution is -2.50. The molecule has 2 aliphatic heterocycles. The van der Waals surface area contributed by atoms with Crippen molar-refractivity contribution in [2.24, 2.45) is 0 Å². The van der Waals surface area contributed by atoms with Gasteiger partial charge in [-0.3, -0.25) is 4.79 Å². The topological polar surface area (TPSA) is 60.9 Å². The number of aliphatic carboxylic acids is 1. The summed E-state index contributed by atoms with van der Waals surface area (Å²) in [6.45, 7) is 9.44. The van der Waals surface area contributed by atoms with Crippen molar-refractivity contribution in [3.05, 3.63) is 29.8 Å². The fourth-order valence-electron chi connectivity index (χ4n) is 4.00. The Bertz CT molecular complexity index is 713. The second-order valence-electron chi connectivity index (χ2n) is 7.24. The Morgan fingerprint density at radius 1 is 1.21 bits per heavy atom. The molecule has 1 spiro atoms. The number of nitrogens with zero attached hydrogens (tertiary/aromatic N) is 2. The normalized spacial score (nSPS) is 19.8. The van der Waals surface area contributed by atoms with Gasteiger partial charge in [0.1, 0.15) is 0 Å². The summed E-state index contributed by atoms with van der Waals surface area (Å²) < 4.78 is 31.7. The van der Waals surface area contributed by atoms with E-state index in [0.717, 1.165) is 38.2 Å². The molecule has 0 aliphatic carbocycles. The van der Waals surface area contributed by atoms with Gasteiger partial charge in [-0.1, -0.05) is 25.1 Å². The van der Waals surface area contributed by atoms with Crippen molar-refractivity contribution in [1.82, 2.24) is 4.90 Å². The van der Waals surface area contributed by atoms with Gasteiger partial charge in [-0.25, -0.2) is 4.79 Å². The number of carbonyl (C=O) groups excluding carboxylic acids is 1. The molecule has 1 unspecified atom stereocenters. The number of hydrogen-bond acceptors (Lipinski definition) is 3. The summed E-state index contributed by atoms with van der Waals surface area (Å²) in [5.41, 5.74) is 2.15. The summed E-state index contributed by atoms with van der Waals surface area (Å²) in [7, 11) is 0. The van der Waals surface area contributed by atoms with E-state index < -0.39 is 12.1 Å². The molecule has 2 aliphatic rings. The fraction of sp³-hybridized carbons (Fsp3) is 0.600. The van der Waals surface area contributed by atoms with Crippen LogP contribution in [-0.4, -0.2) is 53.7 Å². The second kappa shape index (κ2) is 8.51. The zero-order valence-electron chi connectivity index (χ0n) is 16.4. The van der Waals surface area contributed by atoms with Crippen LogP contribution in [0.5, 0.6) is 0 Å². The minimum atomic E-state index is -5.08. The lowest BCUT2D eigenvalue weighted by molar-refractivity contribution is -0.192. The number of carbonyl (C=O) groups is 2. The van der Waals surface area contributed by atoms with Gasteiger partial charge in [-0.05, 0) is 57.8 Å². The van der Waals surface area contributed by atoms with Gasteiger partial charge in [0.2, 0.25) is 5.91 Å². The molecule has 0 saturated carbocycles. The Morgan fingerprint density at radius 3 is 2.21 bits per heavy atom. The highest BCUT2D eigenvalue weighted by Crippen LogP contribution is 2.47. The van der Waals surface area contributed by atoms with Crippen molar-refractivity contribution in [1.29, 1.82) is 0 Å². The molecule has 0 bridgehead atoms. The minimum absolute atomic E-state index is 0.253. The van der Waals surface area contributed by atoms with E-state index in [4.69, 9.17) is 9.90 Å². The van der Waals surface area contributed by atoms with E-state index in [-0.39, 0.29) is 5.41 Å². The number of rotatable bonds is 3. The van der Waals surface area contributed by atoms with Crippen molar-refractivity contribution in [2.45, 2.75) is 57.7 Å². The highest BCUT2D eigenvalue weighted by atomic mass is 19.4. The van der Waals surface area contributed by atoms with Crippen molar-refractivity contribution in [2.75, 3.05) is 24.5 Å².